The van der Waals surface area contributed by atoms with E-state index >= 15 is 0 Å². The molecule has 0 unspecified atom stereocenters. The first kappa shape index (κ1) is 38.8. The molecule has 0 aliphatic carbocycles. The molecule has 6 rings (SSSR count). The highest BCUT2D eigenvalue weighted by Gasteiger charge is 2.28. The minimum atomic E-state index is -0.458. The molecule has 13 nitrogen and oxygen atoms in total. The lowest BCUT2D eigenvalue weighted by molar-refractivity contribution is -0.880. The number of nitrogens with one attached hydrogen (secondary N) is 1. The summed E-state index contributed by atoms with van der Waals surface area (Å²) in [7, 11) is 6.82. The molecule has 1 N–H and O–H groups in total. The number of carbonyl (C=O) groups is 1. The van der Waals surface area contributed by atoms with E-state index in [4.69, 9.17) is 32.7 Å². The minimum absolute atomic E-state index is 0.0974. The quantitative estimate of drug-likeness (QED) is 0.0500. The summed E-state index contributed by atoms with van der Waals surface area (Å²) in [5.41, 5.74) is 3.63. The first-order chi connectivity index (χ1) is 26.4. The predicted octanol–water partition coefficient (Wildman–Crippen LogP) is 7.28. The largest absolute Gasteiger partial charge is 0.495 e. The van der Waals surface area contributed by atoms with Gasteiger partial charge in [0.15, 0.2) is 5.78 Å². The van der Waals surface area contributed by atoms with E-state index in [1.807, 2.05) is 44.4 Å². The molecule has 0 radical (unpaired) electrons. The smallest absolute Gasteiger partial charge is 0.368 e. The molecule has 0 saturated heterocycles. The monoisotopic (exact) mass is 782 g/mol. The number of allylic oxidation sites excluding steroid dienone is 1. The molecule has 282 valence electrons. The van der Waals surface area contributed by atoms with Gasteiger partial charge in [0.25, 0.3) is 5.56 Å². The molecule has 3 aromatic heterocycles. The fourth-order valence-corrected chi connectivity index (χ4v) is 7.16. The molecular weight excluding hydrogens is 745 g/mol. The van der Waals surface area contributed by atoms with Gasteiger partial charge in [-0.1, -0.05) is 52.5 Å². The Labute approximate surface area is 326 Å². The van der Waals surface area contributed by atoms with E-state index < -0.39 is 4.92 Å². The highest BCUT2D eigenvalue weighted by Crippen LogP contribution is 2.45. The van der Waals surface area contributed by atoms with Crippen LogP contribution in [0.4, 0.5) is 11.5 Å². The fraction of sp³-hybridized carbons (Fsp3) is 0.225. The lowest BCUT2D eigenvalue weighted by Gasteiger charge is -2.28. The Morgan fingerprint density at radius 2 is 1.78 bits per heavy atom. The lowest BCUT2D eigenvalue weighted by atomic mass is 10.0. The fourth-order valence-electron chi connectivity index (χ4n) is 6.45. The Kier molecular flexibility index (Phi) is 11.7. The van der Waals surface area contributed by atoms with E-state index in [-0.39, 0.29) is 62.8 Å². The standard InChI is InChI=1S/C40H37Cl2N7O6/c1-49(2,24-27-12-14-44-39(27)48(52)53)15-7-11-30(50)17-25-8-5-9-26(16-25)23-47-32-19-35(46-29-10-6-13-43-22-29)45-21-28(32)18-31(40(47)51)36-37(41)33(54-3)20-34(55-4)38(36)42/h5-11,13-14,16,18-22H,12,15,17,23-24H2,1-4H3/p+1/b11-7+. The molecule has 0 fully saturated rings. The highest BCUT2D eigenvalue weighted by molar-refractivity contribution is 6.41. The number of likely N-dealkylation sites (N-methyl/N-ethyl adjacent to an activating group) is 1. The molecule has 15 heteroatoms. The molecule has 4 heterocycles. The highest BCUT2D eigenvalue weighted by atomic mass is 35.5. The van der Waals surface area contributed by atoms with Gasteiger partial charge in [-0.25, -0.2) is 4.98 Å². The van der Waals surface area contributed by atoms with Crippen LogP contribution >= 0.6 is 23.2 Å². The van der Waals surface area contributed by atoms with Crippen LogP contribution < -0.4 is 20.3 Å². The maximum Gasteiger partial charge on any atom is 0.368 e. The number of hydrogen-bond donors (Lipinski definition) is 1. The van der Waals surface area contributed by atoms with Crippen LogP contribution in [0, 0.1) is 10.1 Å². The molecule has 5 aromatic rings. The number of ether oxygens (including phenoxy) is 2. The van der Waals surface area contributed by atoms with Gasteiger partial charge in [-0.15, -0.1) is 0 Å². The van der Waals surface area contributed by atoms with Crippen LogP contribution in [-0.2, 0) is 17.8 Å². The number of fused-ring (bicyclic) bond motifs is 1. The molecule has 55 heavy (non-hydrogen) atoms. The van der Waals surface area contributed by atoms with Crippen LogP contribution in [0.2, 0.25) is 10.0 Å². The van der Waals surface area contributed by atoms with Crippen molar-refractivity contribution in [2.75, 3.05) is 46.7 Å². The van der Waals surface area contributed by atoms with Crippen molar-refractivity contribution in [1.82, 2.24) is 14.5 Å². The number of aromatic nitrogens is 3. The number of rotatable bonds is 15. The number of ketones is 1. The molecule has 0 bridgehead atoms. The van der Waals surface area contributed by atoms with Crippen molar-refractivity contribution in [3.8, 4) is 22.6 Å². The molecule has 0 amide bonds. The normalized spacial score (nSPS) is 12.8. The Balaban J connectivity index is 1.31. The van der Waals surface area contributed by atoms with Gasteiger partial charge in [-0.05, 0) is 46.4 Å². The van der Waals surface area contributed by atoms with Gasteiger partial charge in [0.2, 0.25) is 0 Å². The number of benzene rings is 2. The Hall–Kier alpha value is -5.89. The van der Waals surface area contributed by atoms with Crippen molar-refractivity contribution in [3.63, 3.8) is 0 Å². The summed E-state index contributed by atoms with van der Waals surface area (Å²) in [5.74, 6) is 0.873. The van der Waals surface area contributed by atoms with Crippen molar-refractivity contribution >= 4 is 57.6 Å². The van der Waals surface area contributed by atoms with Gasteiger partial charge in [0.05, 0.1) is 80.0 Å². The van der Waals surface area contributed by atoms with Crippen LogP contribution in [-0.4, -0.2) is 77.3 Å². The zero-order valence-electron chi connectivity index (χ0n) is 30.6. The van der Waals surface area contributed by atoms with Gasteiger partial charge in [-0.2, -0.15) is 0 Å². The molecule has 0 spiro atoms. The Bertz CT molecular complexity index is 2420. The Morgan fingerprint density at radius 3 is 2.47 bits per heavy atom. The number of aliphatic imine (C=N–C) groups is 1. The van der Waals surface area contributed by atoms with Gasteiger partial charge >= 0.3 is 5.82 Å². The number of nitrogens with zero attached hydrogens (tertiary/aromatic N) is 6. The van der Waals surface area contributed by atoms with E-state index in [1.54, 1.807) is 65.8 Å². The van der Waals surface area contributed by atoms with Crippen LogP contribution in [0.3, 0.4) is 0 Å². The molecule has 2 aromatic carbocycles. The number of halogens is 2. The van der Waals surface area contributed by atoms with Crippen molar-refractivity contribution in [1.29, 1.82) is 0 Å². The maximum atomic E-state index is 14.6. The minimum Gasteiger partial charge on any atom is -0.495 e. The first-order valence-electron chi connectivity index (χ1n) is 17.2. The summed E-state index contributed by atoms with van der Waals surface area (Å²) in [4.78, 5) is 51.2. The third kappa shape index (κ3) is 8.92. The second kappa shape index (κ2) is 16.6. The molecular formula is C40H38Cl2N7O6+. The van der Waals surface area contributed by atoms with Gasteiger partial charge < -0.3 is 34.0 Å². The van der Waals surface area contributed by atoms with Crippen LogP contribution in [0.15, 0.2) is 107 Å². The SMILES string of the molecule is COc1cc(OC)c(Cl)c(-c2cc3cnc(Nc4cccnc4)cc3n(Cc3cccc(CC(=O)/C=C/C[N+](C)(C)CC4=C([N+](=O)[O-])N=CC4)c3)c2=O)c1Cl. The summed E-state index contributed by atoms with van der Waals surface area (Å²) in [6, 6.07) is 16.2. The van der Waals surface area contributed by atoms with Gasteiger partial charge in [-0.3, -0.25) is 14.6 Å². The number of carbonyl (C=O) groups excluding carboxylic acids is 1. The second-order valence-corrected chi connectivity index (χ2v) is 14.3. The topological polar surface area (TPSA) is 151 Å². The zero-order valence-corrected chi connectivity index (χ0v) is 32.1. The summed E-state index contributed by atoms with van der Waals surface area (Å²) in [6.45, 7) is 1.07. The predicted molar refractivity (Wildman–Crippen MR) is 214 cm³/mol. The van der Waals surface area contributed by atoms with Crippen molar-refractivity contribution in [3.05, 3.63) is 138 Å². The van der Waals surface area contributed by atoms with E-state index in [1.165, 1.54) is 14.2 Å². The maximum absolute atomic E-state index is 14.6. The van der Waals surface area contributed by atoms with Crippen LogP contribution in [0.25, 0.3) is 22.0 Å². The van der Waals surface area contributed by atoms with E-state index in [2.05, 4.69) is 20.3 Å². The van der Waals surface area contributed by atoms with E-state index in [9.17, 15) is 19.7 Å². The van der Waals surface area contributed by atoms with Gasteiger partial charge in [0, 0.05) is 48.3 Å². The first-order valence-corrected chi connectivity index (χ1v) is 17.9. The second-order valence-electron chi connectivity index (χ2n) is 13.6. The van der Waals surface area contributed by atoms with Crippen LogP contribution in [0.5, 0.6) is 11.5 Å². The van der Waals surface area contributed by atoms with E-state index in [0.29, 0.717) is 46.3 Å². The number of nitro groups is 1. The molecule has 0 saturated carbocycles. The average molecular weight is 784 g/mol. The number of anilines is 2. The summed E-state index contributed by atoms with van der Waals surface area (Å²) < 4.78 is 13.0. The number of pyridine rings is 3. The van der Waals surface area contributed by atoms with Gasteiger partial charge in [0.1, 0.15) is 30.1 Å². The third-order valence-electron chi connectivity index (χ3n) is 9.03. The van der Waals surface area contributed by atoms with Crippen molar-refractivity contribution < 1.29 is 23.7 Å². The van der Waals surface area contributed by atoms with Crippen molar-refractivity contribution in [2.24, 2.45) is 4.99 Å². The van der Waals surface area contributed by atoms with Crippen LogP contribution in [0.1, 0.15) is 17.5 Å². The number of hydrogen-bond acceptors (Lipinski definition) is 10. The third-order valence-corrected chi connectivity index (χ3v) is 9.78. The summed E-state index contributed by atoms with van der Waals surface area (Å²) >= 11 is 13.6. The zero-order chi connectivity index (χ0) is 39.3. The van der Waals surface area contributed by atoms with E-state index in [0.717, 1.165) is 16.8 Å². The number of methoxy groups -OCH3 is 2. The Morgan fingerprint density at radius 1 is 1.04 bits per heavy atom. The molecule has 1 aliphatic rings. The lowest BCUT2D eigenvalue weighted by Crippen LogP contribution is -2.41. The summed E-state index contributed by atoms with van der Waals surface area (Å²) in [5, 5.41) is 15.5. The average Bonchev–Trinajstić information content (AvgIpc) is 3.62. The summed E-state index contributed by atoms with van der Waals surface area (Å²) in [6.07, 6.45) is 10.5. The molecule has 0 atom stereocenters. The number of quaternary nitrogens is 1. The molecule has 1 aliphatic heterocycles. The van der Waals surface area contributed by atoms with Crippen molar-refractivity contribution in [2.45, 2.75) is 19.4 Å².